The van der Waals surface area contributed by atoms with Gasteiger partial charge in [-0.2, -0.15) is 5.10 Å². The Hall–Kier alpha value is -2.67. The van der Waals surface area contributed by atoms with E-state index in [0.29, 0.717) is 6.54 Å². The van der Waals surface area contributed by atoms with Gasteiger partial charge in [0.2, 0.25) is 0 Å². The average Bonchev–Trinajstić information content (AvgIpc) is 3.36. The second-order valence-corrected chi connectivity index (χ2v) is 8.81. The molecule has 0 bridgehead atoms. The summed E-state index contributed by atoms with van der Waals surface area (Å²) in [5.41, 5.74) is 5.78. The van der Waals surface area contributed by atoms with Crippen LogP contribution in [0.5, 0.6) is 5.75 Å². The van der Waals surface area contributed by atoms with Gasteiger partial charge in [-0.05, 0) is 55.5 Å². The second-order valence-electron chi connectivity index (χ2n) is 7.90. The molecule has 0 amide bonds. The molecule has 31 heavy (non-hydrogen) atoms. The Bertz CT molecular complexity index is 1130. The molecule has 4 aromatic rings. The smallest absolute Gasteiger partial charge is 0.120 e. The summed E-state index contributed by atoms with van der Waals surface area (Å²) in [7, 11) is 1.96. The highest BCUT2D eigenvalue weighted by Crippen LogP contribution is 2.33. The molecule has 0 saturated heterocycles. The summed E-state index contributed by atoms with van der Waals surface area (Å²) in [6.07, 6.45) is 1.53. The first-order valence-corrected chi connectivity index (χ1v) is 11.6. The fraction of sp³-hybridized carbons (Fsp3) is 0.320. The van der Waals surface area contributed by atoms with Gasteiger partial charge in [-0.25, -0.2) is 0 Å². The Morgan fingerprint density at radius 1 is 1.16 bits per heavy atom. The number of aryl methyl sites for hydroxylation is 3. The summed E-state index contributed by atoms with van der Waals surface area (Å²) in [4.78, 5) is 0. The van der Waals surface area contributed by atoms with Crippen LogP contribution >= 0.6 is 11.3 Å². The number of aromatic nitrogens is 2. The summed E-state index contributed by atoms with van der Waals surface area (Å²) < 4.78 is 8.93. The van der Waals surface area contributed by atoms with Crippen molar-refractivity contribution in [3.63, 3.8) is 0 Å². The van der Waals surface area contributed by atoms with Crippen molar-refractivity contribution in [1.82, 2.24) is 15.1 Å². The Morgan fingerprint density at radius 3 is 2.90 bits per heavy atom. The van der Waals surface area contributed by atoms with E-state index in [9.17, 15) is 5.11 Å². The molecule has 0 aliphatic rings. The third-order valence-corrected chi connectivity index (χ3v) is 6.20. The minimum absolute atomic E-state index is 0.255. The van der Waals surface area contributed by atoms with Gasteiger partial charge < -0.3 is 15.2 Å². The summed E-state index contributed by atoms with van der Waals surface area (Å²) in [6, 6.07) is 18.6. The third-order valence-electron chi connectivity index (χ3n) is 5.29. The molecule has 2 aromatic heterocycles. The second kappa shape index (κ2) is 10.1. The Balaban J connectivity index is 1.23. The molecule has 2 heterocycles. The van der Waals surface area contributed by atoms with Crippen LogP contribution in [0.3, 0.4) is 0 Å². The number of thiophene rings is 1. The average molecular weight is 436 g/mol. The first-order valence-electron chi connectivity index (χ1n) is 10.7. The molecule has 0 fully saturated rings. The van der Waals surface area contributed by atoms with Crippen LogP contribution in [0.25, 0.3) is 21.5 Å². The number of nitrogens with zero attached hydrogens (tertiary/aromatic N) is 2. The van der Waals surface area contributed by atoms with Crippen LogP contribution in [0.2, 0.25) is 0 Å². The van der Waals surface area contributed by atoms with E-state index in [1.165, 1.54) is 15.8 Å². The minimum Gasteiger partial charge on any atom is -0.491 e. The zero-order chi connectivity index (χ0) is 21.6. The van der Waals surface area contributed by atoms with Crippen molar-refractivity contribution in [1.29, 1.82) is 0 Å². The van der Waals surface area contributed by atoms with Gasteiger partial charge >= 0.3 is 0 Å². The van der Waals surface area contributed by atoms with Crippen molar-refractivity contribution in [2.24, 2.45) is 7.05 Å². The van der Waals surface area contributed by atoms with Gasteiger partial charge in [0.25, 0.3) is 0 Å². The highest BCUT2D eigenvalue weighted by Gasteiger charge is 2.13. The van der Waals surface area contributed by atoms with Crippen molar-refractivity contribution < 1.29 is 9.84 Å². The molecule has 0 spiro atoms. The zero-order valence-corrected chi connectivity index (χ0v) is 18.9. The predicted molar refractivity (Wildman–Crippen MR) is 128 cm³/mol. The SMILES string of the molecule is Cc1cccc(CCCNCC(O)COc2cccc(-c3nn(C)c4ccsc34)c2)c1. The first kappa shape index (κ1) is 21.6. The highest BCUT2D eigenvalue weighted by atomic mass is 32.1. The lowest BCUT2D eigenvalue weighted by atomic mass is 10.1. The molecule has 1 unspecified atom stereocenters. The molecule has 0 radical (unpaired) electrons. The molecule has 5 nitrogen and oxygen atoms in total. The van der Waals surface area contributed by atoms with Crippen molar-refractivity contribution >= 4 is 21.6 Å². The lowest BCUT2D eigenvalue weighted by Gasteiger charge is -2.14. The van der Waals surface area contributed by atoms with Crippen LogP contribution in [0, 0.1) is 6.92 Å². The summed E-state index contributed by atoms with van der Waals surface area (Å²) in [5, 5.41) is 20.3. The summed E-state index contributed by atoms with van der Waals surface area (Å²) in [6.45, 7) is 3.76. The lowest BCUT2D eigenvalue weighted by Crippen LogP contribution is -2.32. The van der Waals surface area contributed by atoms with E-state index < -0.39 is 6.10 Å². The van der Waals surface area contributed by atoms with Gasteiger partial charge in [0.05, 0.1) is 10.2 Å². The van der Waals surface area contributed by atoms with E-state index in [-0.39, 0.29) is 6.61 Å². The van der Waals surface area contributed by atoms with Gasteiger partial charge in [0.15, 0.2) is 0 Å². The number of aliphatic hydroxyl groups excluding tert-OH is 1. The number of nitrogens with one attached hydrogen (secondary N) is 1. The summed E-state index contributed by atoms with van der Waals surface area (Å²) in [5.74, 6) is 0.742. The van der Waals surface area contributed by atoms with E-state index in [1.54, 1.807) is 11.3 Å². The molecule has 1 atom stereocenters. The molecule has 0 saturated carbocycles. The molecule has 162 valence electrons. The number of aliphatic hydroxyl groups is 1. The quantitative estimate of drug-likeness (QED) is 0.358. The minimum atomic E-state index is -0.554. The zero-order valence-electron chi connectivity index (χ0n) is 18.0. The van der Waals surface area contributed by atoms with E-state index in [1.807, 2.05) is 36.0 Å². The fourth-order valence-electron chi connectivity index (χ4n) is 3.71. The molecule has 0 aliphatic heterocycles. The van der Waals surface area contributed by atoms with Gasteiger partial charge in [-0.3, -0.25) is 4.68 Å². The fourth-order valence-corrected chi connectivity index (χ4v) is 4.64. The van der Waals surface area contributed by atoms with Gasteiger partial charge in [-0.1, -0.05) is 42.0 Å². The van der Waals surface area contributed by atoms with Crippen molar-refractivity contribution in [2.45, 2.75) is 25.9 Å². The molecule has 6 heteroatoms. The van der Waals surface area contributed by atoms with Crippen LogP contribution in [0.1, 0.15) is 17.5 Å². The third kappa shape index (κ3) is 5.53. The number of benzene rings is 2. The molecule has 0 aliphatic carbocycles. The van der Waals surface area contributed by atoms with E-state index in [2.05, 4.69) is 53.1 Å². The maximum absolute atomic E-state index is 10.3. The van der Waals surface area contributed by atoms with Crippen molar-refractivity contribution in [2.75, 3.05) is 19.7 Å². The molecule has 2 aromatic carbocycles. The standard InChI is InChI=1S/C25H29N3O2S/c1-18-6-3-7-19(14-18)8-5-12-26-16-21(29)17-30-22-10-4-9-20(15-22)24-25-23(11-13-31-25)28(2)27-24/h3-4,6-7,9-11,13-15,21,26,29H,5,8,12,16-17H2,1-2H3. The number of rotatable bonds is 10. The Kier molecular flexibility index (Phi) is 7.02. The normalized spacial score (nSPS) is 12.4. The number of hydrogen-bond donors (Lipinski definition) is 2. The number of hydrogen-bond acceptors (Lipinski definition) is 5. The number of ether oxygens (including phenoxy) is 1. The molecule has 4 rings (SSSR count). The topological polar surface area (TPSA) is 59.3 Å². The molecule has 2 N–H and O–H groups in total. The van der Waals surface area contributed by atoms with Crippen molar-refractivity contribution in [3.05, 3.63) is 71.1 Å². The van der Waals surface area contributed by atoms with E-state index in [0.717, 1.165) is 41.9 Å². The van der Waals surface area contributed by atoms with Crippen molar-refractivity contribution in [3.8, 4) is 17.0 Å². The highest BCUT2D eigenvalue weighted by molar-refractivity contribution is 7.17. The molecular weight excluding hydrogens is 406 g/mol. The van der Waals surface area contributed by atoms with Crippen LogP contribution in [-0.4, -0.2) is 40.7 Å². The maximum atomic E-state index is 10.3. The number of fused-ring (bicyclic) bond motifs is 1. The van der Waals surface area contributed by atoms with Crippen LogP contribution in [0.15, 0.2) is 60.0 Å². The molecular formula is C25H29N3O2S. The van der Waals surface area contributed by atoms with E-state index in [4.69, 9.17) is 4.74 Å². The Morgan fingerprint density at radius 2 is 2.03 bits per heavy atom. The van der Waals surface area contributed by atoms with Crippen LogP contribution in [0.4, 0.5) is 0 Å². The monoisotopic (exact) mass is 435 g/mol. The largest absolute Gasteiger partial charge is 0.491 e. The predicted octanol–water partition coefficient (Wildman–Crippen LogP) is 4.57. The maximum Gasteiger partial charge on any atom is 0.120 e. The first-order chi connectivity index (χ1) is 15.1. The van der Waals surface area contributed by atoms with Crippen LogP contribution < -0.4 is 10.1 Å². The lowest BCUT2D eigenvalue weighted by molar-refractivity contribution is 0.106. The summed E-state index contributed by atoms with van der Waals surface area (Å²) >= 11 is 1.69. The Labute approximate surface area is 187 Å². The van der Waals surface area contributed by atoms with Gasteiger partial charge in [-0.15, -0.1) is 11.3 Å². The van der Waals surface area contributed by atoms with Gasteiger partial charge in [0.1, 0.15) is 24.2 Å². The van der Waals surface area contributed by atoms with E-state index >= 15 is 0 Å². The van der Waals surface area contributed by atoms with Crippen LogP contribution in [-0.2, 0) is 13.5 Å². The van der Waals surface area contributed by atoms with Gasteiger partial charge in [0, 0.05) is 19.2 Å².